The van der Waals surface area contributed by atoms with Gasteiger partial charge in [0.1, 0.15) is 17.4 Å². The number of ketones is 1. The number of rotatable bonds is 4. The predicted octanol–water partition coefficient (Wildman–Crippen LogP) is 3.98. The van der Waals surface area contributed by atoms with Gasteiger partial charge in [0.15, 0.2) is 0 Å². The van der Waals surface area contributed by atoms with Crippen LogP contribution in [0.1, 0.15) is 22.7 Å². The third kappa shape index (κ3) is 3.57. The van der Waals surface area contributed by atoms with Crippen molar-refractivity contribution in [1.82, 2.24) is 9.88 Å². The summed E-state index contributed by atoms with van der Waals surface area (Å²) in [5.74, 6) is -3.05. The maximum Gasteiger partial charge on any atom is 0.295 e. The molecule has 7 heteroatoms. The van der Waals surface area contributed by atoms with Crippen LogP contribution < -0.4 is 0 Å². The van der Waals surface area contributed by atoms with E-state index in [9.17, 15) is 23.5 Å². The molecular formula is C23H16F2N2O3. The van der Waals surface area contributed by atoms with Gasteiger partial charge in [-0.15, -0.1) is 0 Å². The highest BCUT2D eigenvalue weighted by atomic mass is 19.1. The number of carbonyl (C=O) groups excluding carboxylic acids is 2. The van der Waals surface area contributed by atoms with Gasteiger partial charge in [0.2, 0.25) is 0 Å². The quantitative estimate of drug-likeness (QED) is 0.404. The number of likely N-dealkylation sites (tertiary alicyclic amines) is 1. The van der Waals surface area contributed by atoms with Crippen LogP contribution in [-0.4, -0.2) is 26.7 Å². The summed E-state index contributed by atoms with van der Waals surface area (Å²) < 4.78 is 26.8. The van der Waals surface area contributed by atoms with Crippen molar-refractivity contribution in [3.63, 3.8) is 0 Å². The third-order valence-electron chi connectivity index (χ3n) is 4.92. The number of nitrogens with zero attached hydrogens (tertiary/aromatic N) is 2. The monoisotopic (exact) mass is 406 g/mol. The van der Waals surface area contributed by atoms with E-state index in [2.05, 4.69) is 4.98 Å². The molecule has 0 aliphatic carbocycles. The van der Waals surface area contributed by atoms with Gasteiger partial charge in [-0.3, -0.25) is 14.6 Å². The summed E-state index contributed by atoms with van der Waals surface area (Å²) in [4.78, 5) is 31.0. The Bertz CT molecular complexity index is 1130. The largest absolute Gasteiger partial charge is 0.507 e. The van der Waals surface area contributed by atoms with E-state index in [1.165, 1.54) is 41.3 Å². The lowest BCUT2D eigenvalue weighted by Crippen LogP contribution is -2.29. The van der Waals surface area contributed by atoms with Crippen LogP contribution in [0, 0.1) is 11.6 Å². The standard InChI is InChI=1S/C23H16F2N2O3/c24-17-7-3-15(4-8-17)20-19(21(28)16-5-9-18(25)10-6-16)22(29)23(30)27(20)13-14-2-1-11-26-12-14/h1-12,20,28H,13H2/t20-/m0/s1. The van der Waals surface area contributed by atoms with E-state index in [0.29, 0.717) is 11.1 Å². The van der Waals surface area contributed by atoms with Crippen molar-refractivity contribution in [1.29, 1.82) is 0 Å². The Hall–Kier alpha value is -3.87. The molecule has 0 bridgehead atoms. The molecule has 0 radical (unpaired) electrons. The number of aliphatic hydroxyl groups is 1. The lowest BCUT2D eigenvalue weighted by Gasteiger charge is -2.25. The molecule has 150 valence electrons. The first-order valence-corrected chi connectivity index (χ1v) is 9.14. The second-order valence-corrected chi connectivity index (χ2v) is 6.85. The molecule has 1 aliphatic heterocycles. The fourth-order valence-electron chi connectivity index (χ4n) is 3.49. The van der Waals surface area contributed by atoms with Crippen LogP contribution in [0.4, 0.5) is 8.78 Å². The van der Waals surface area contributed by atoms with E-state index in [0.717, 1.165) is 12.1 Å². The van der Waals surface area contributed by atoms with Gasteiger partial charge in [-0.2, -0.15) is 0 Å². The summed E-state index contributed by atoms with van der Waals surface area (Å²) in [7, 11) is 0. The van der Waals surface area contributed by atoms with Crippen LogP contribution in [0.2, 0.25) is 0 Å². The molecule has 1 fully saturated rings. The van der Waals surface area contributed by atoms with E-state index < -0.39 is 35.1 Å². The Balaban J connectivity index is 1.85. The summed E-state index contributed by atoms with van der Waals surface area (Å²) in [6, 6.07) is 12.8. The highest BCUT2D eigenvalue weighted by Gasteiger charge is 2.46. The molecule has 2 aromatic carbocycles. The predicted molar refractivity (Wildman–Crippen MR) is 105 cm³/mol. The SMILES string of the molecule is O=C1C(=O)N(Cc2cccnc2)[C@@H](c2ccc(F)cc2)C1=C(O)c1ccc(F)cc1. The molecule has 3 aromatic rings. The van der Waals surface area contributed by atoms with Gasteiger partial charge in [-0.1, -0.05) is 18.2 Å². The first-order chi connectivity index (χ1) is 14.5. The van der Waals surface area contributed by atoms with Crippen LogP contribution in [0.25, 0.3) is 5.76 Å². The van der Waals surface area contributed by atoms with E-state index in [4.69, 9.17) is 0 Å². The first-order valence-electron chi connectivity index (χ1n) is 9.14. The number of carbonyl (C=O) groups is 2. The molecule has 0 unspecified atom stereocenters. The number of benzene rings is 2. The molecule has 30 heavy (non-hydrogen) atoms. The molecule has 1 amide bonds. The van der Waals surface area contributed by atoms with Gasteiger partial charge in [0.05, 0.1) is 11.6 Å². The van der Waals surface area contributed by atoms with E-state index >= 15 is 0 Å². The van der Waals surface area contributed by atoms with Crippen molar-refractivity contribution >= 4 is 17.4 Å². The number of Topliss-reactive ketones (excluding diaryl/α,β-unsaturated/α-hetero) is 1. The summed E-state index contributed by atoms with van der Waals surface area (Å²) in [6.07, 6.45) is 3.16. The summed E-state index contributed by atoms with van der Waals surface area (Å²) in [6.45, 7) is 0.0701. The van der Waals surface area contributed by atoms with Crippen LogP contribution in [0.5, 0.6) is 0 Å². The normalized spacial score (nSPS) is 18.1. The van der Waals surface area contributed by atoms with E-state index in [-0.39, 0.29) is 17.7 Å². The molecule has 1 aliphatic rings. The molecule has 2 heterocycles. The van der Waals surface area contributed by atoms with Gasteiger partial charge in [0.25, 0.3) is 11.7 Å². The molecule has 1 saturated heterocycles. The van der Waals surface area contributed by atoms with Crippen LogP contribution >= 0.6 is 0 Å². The second-order valence-electron chi connectivity index (χ2n) is 6.85. The van der Waals surface area contributed by atoms with Crippen LogP contribution in [-0.2, 0) is 16.1 Å². The van der Waals surface area contributed by atoms with Crippen molar-refractivity contribution in [2.45, 2.75) is 12.6 Å². The minimum atomic E-state index is -0.934. The number of aliphatic hydroxyl groups excluding tert-OH is 1. The van der Waals surface area contributed by atoms with Crippen molar-refractivity contribution in [3.8, 4) is 0 Å². The molecule has 1 atom stereocenters. The smallest absolute Gasteiger partial charge is 0.295 e. The molecule has 5 nitrogen and oxygen atoms in total. The Labute approximate surface area is 170 Å². The highest BCUT2D eigenvalue weighted by molar-refractivity contribution is 6.46. The summed E-state index contributed by atoms with van der Waals surface area (Å²) in [5, 5.41) is 10.8. The van der Waals surface area contributed by atoms with Gasteiger partial charge in [-0.25, -0.2) is 8.78 Å². The van der Waals surface area contributed by atoms with Gasteiger partial charge in [-0.05, 0) is 53.6 Å². The Morgan fingerprint density at radius 3 is 2.20 bits per heavy atom. The molecule has 1 N–H and O–H groups in total. The highest BCUT2D eigenvalue weighted by Crippen LogP contribution is 2.40. The Morgan fingerprint density at radius 2 is 1.60 bits per heavy atom. The minimum absolute atomic E-state index is 0.0701. The summed E-state index contributed by atoms with van der Waals surface area (Å²) >= 11 is 0. The molecule has 0 spiro atoms. The second kappa shape index (κ2) is 7.87. The zero-order valence-corrected chi connectivity index (χ0v) is 15.6. The van der Waals surface area contributed by atoms with Crippen LogP contribution in [0.3, 0.4) is 0 Å². The van der Waals surface area contributed by atoms with Gasteiger partial charge >= 0.3 is 0 Å². The molecular weight excluding hydrogens is 390 g/mol. The molecule has 4 rings (SSSR count). The van der Waals surface area contributed by atoms with Crippen molar-refractivity contribution in [2.24, 2.45) is 0 Å². The van der Waals surface area contributed by atoms with Crippen molar-refractivity contribution in [2.75, 3.05) is 0 Å². The molecule has 0 saturated carbocycles. The lowest BCUT2D eigenvalue weighted by atomic mass is 9.95. The van der Waals surface area contributed by atoms with E-state index in [1.807, 2.05) is 0 Å². The minimum Gasteiger partial charge on any atom is -0.507 e. The average molecular weight is 406 g/mol. The Kier molecular flexibility index (Phi) is 5.10. The maximum atomic E-state index is 13.5. The number of pyridine rings is 1. The third-order valence-corrected chi connectivity index (χ3v) is 4.92. The van der Waals surface area contributed by atoms with Crippen LogP contribution in [0.15, 0.2) is 78.6 Å². The van der Waals surface area contributed by atoms with Gasteiger partial charge < -0.3 is 10.0 Å². The zero-order valence-electron chi connectivity index (χ0n) is 15.6. The first kappa shape index (κ1) is 19.4. The maximum absolute atomic E-state index is 13.5. The fraction of sp³-hybridized carbons (Fsp3) is 0.0870. The lowest BCUT2D eigenvalue weighted by molar-refractivity contribution is -0.140. The number of halogens is 2. The van der Waals surface area contributed by atoms with Crippen molar-refractivity contribution < 1.29 is 23.5 Å². The fourth-order valence-corrected chi connectivity index (χ4v) is 3.49. The summed E-state index contributed by atoms with van der Waals surface area (Å²) in [5.41, 5.74) is 1.21. The number of hydrogen-bond acceptors (Lipinski definition) is 4. The van der Waals surface area contributed by atoms with E-state index in [1.54, 1.807) is 24.5 Å². The average Bonchev–Trinajstić information content (AvgIpc) is 3.00. The zero-order chi connectivity index (χ0) is 21.3. The Morgan fingerprint density at radius 1 is 0.967 bits per heavy atom. The molecule has 1 aromatic heterocycles. The topological polar surface area (TPSA) is 70.5 Å². The number of aromatic nitrogens is 1. The number of hydrogen-bond donors (Lipinski definition) is 1. The van der Waals surface area contributed by atoms with Gasteiger partial charge in [0, 0.05) is 24.5 Å². The number of amides is 1. The van der Waals surface area contributed by atoms with Crippen molar-refractivity contribution in [3.05, 3.63) is 107 Å².